The second-order valence-corrected chi connectivity index (χ2v) is 17.3. The molecule has 2 aliphatic heterocycles. The number of H-pyrrole nitrogens is 1. The molecule has 14 nitrogen and oxygen atoms in total. The van der Waals surface area contributed by atoms with Gasteiger partial charge in [0.2, 0.25) is 11.2 Å². The largest absolute Gasteiger partial charge is 0.506 e. The fourth-order valence-electron chi connectivity index (χ4n) is 8.99. The van der Waals surface area contributed by atoms with Crippen LogP contribution in [-0.4, -0.2) is 105 Å². The van der Waals surface area contributed by atoms with E-state index in [1.165, 1.54) is 23.8 Å². The van der Waals surface area contributed by atoms with E-state index in [4.69, 9.17) is 4.74 Å². The van der Waals surface area contributed by atoms with Gasteiger partial charge in [0.1, 0.15) is 11.5 Å². The van der Waals surface area contributed by atoms with Crippen LogP contribution in [0, 0.1) is 5.92 Å². The molecule has 66 heavy (non-hydrogen) atoms. The molecule has 0 radical (unpaired) electrons. The van der Waals surface area contributed by atoms with Crippen LogP contribution < -0.4 is 20.9 Å². The fraction of sp³-hybridized carbons (Fsp3) is 0.308. The van der Waals surface area contributed by atoms with Gasteiger partial charge in [-0.1, -0.05) is 84.9 Å². The van der Waals surface area contributed by atoms with E-state index in [2.05, 4.69) is 44.8 Å². The Morgan fingerprint density at radius 1 is 0.848 bits per heavy atom. The number of nitrogens with zero attached hydrogens (tertiary/aromatic N) is 2. The van der Waals surface area contributed by atoms with Gasteiger partial charge in [-0.25, -0.2) is 4.79 Å². The highest BCUT2D eigenvalue weighted by Crippen LogP contribution is 2.36. The number of phenolic OH excluding ortho intramolecular Hbond substituents is 1. The summed E-state index contributed by atoms with van der Waals surface area (Å²) in [6.07, 6.45) is 2.35. The van der Waals surface area contributed by atoms with Crippen molar-refractivity contribution in [2.24, 2.45) is 5.92 Å². The first-order valence-corrected chi connectivity index (χ1v) is 22.4. The van der Waals surface area contributed by atoms with Crippen LogP contribution >= 0.6 is 0 Å². The van der Waals surface area contributed by atoms with Crippen LogP contribution in [0.3, 0.4) is 0 Å². The minimum absolute atomic E-state index is 0.0683. The molecule has 0 unspecified atom stereocenters. The van der Waals surface area contributed by atoms with E-state index in [-0.39, 0.29) is 59.1 Å². The summed E-state index contributed by atoms with van der Waals surface area (Å²) in [6.45, 7) is 3.91. The highest BCUT2D eigenvalue weighted by molar-refractivity contribution is 5.94. The van der Waals surface area contributed by atoms with E-state index in [0.29, 0.717) is 60.5 Å². The molecule has 2 saturated heterocycles. The number of rotatable bonds is 18. The van der Waals surface area contributed by atoms with E-state index in [1.54, 1.807) is 59.5 Å². The molecule has 0 saturated carbocycles. The molecule has 2 aliphatic rings. The molecule has 0 aliphatic carbocycles. The van der Waals surface area contributed by atoms with Gasteiger partial charge < -0.3 is 45.7 Å². The number of aromatic hydroxyl groups is 1. The van der Waals surface area contributed by atoms with Crippen LogP contribution in [-0.2, 0) is 34.6 Å². The number of ether oxygens (including phenoxy) is 1. The van der Waals surface area contributed by atoms with E-state index in [1.807, 2.05) is 30.3 Å². The number of likely N-dealkylation sites (tertiary alicyclic amines) is 2. The van der Waals surface area contributed by atoms with Gasteiger partial charge in [-0.15, -0.1) is 0 Å². The maximum absolute atomic E-state index is 13.1. The van der Waals surface area contributed by atoms with Gasteiger partial charge in [0.05, 0.1) is 17.7 Å². The molecule has 0 bridgehead atoms. The van der Waals surface area contributed by atoms with Crippen LogP contribution in [0.15, 0.2) is 132 Å². The van der Waals surface area contributed by atoms with Crippen molar-refractivity contribution in [3.63, 3.8) is 0 Å². The van der Waals surface area contributed by atoms with Crippen molar-refractivity contribution in [1.82, 2.24) is 25.4 Å². The van der Waals surface area contributed by atoms with Crippen molar-refractivity contribution in [1.29, 1.82) is 0 Å². The summed E-state index contributed by atoms with van der Waals surface area (Å²) in [6, 6.07) is 36.8. The number of aromatic nitrogens is 1. The zero-order valence-corrected chi connectivity index (χ0v) is 36.6. The molecule has 6 aromatic rings. The van der Waals surface area contributed by atoms with Crippen molar-refractivity contribution < 1.29 is 39.5 Å². The Kier molecular flexibility index (Phi) is 14.2. The highest BCUT2D eigenvalue weighted by Gasteiger charge is 2.42. The Labute approximate surface area is 382 Å². The van der Waals surface area contributed by atoms with Gasteiger partial charge in [0.15, 0.2) is 6.61 Å². The lowest BCUT2D eigenvalue weighted by Gasteiger charge is -2.39. The summed E-state index contributed by atoms with van der Waals surface area (Å²) in [5, 5.41) is 50.3. The number of aliphatic hydroxyl groups is 2. The number of carboxylic acids is 1. The number of benzene rings is 5. The Bertz CT molecular complexity index is 2710. The molecule has 8 rings (SSSR count). The number of aliphatic carboxylic acids is 1. The monoisotopic (exact) mass is 893 g/mol. The number of hydrogen-bond donors (Lipinski definition) is 7. The van der Waals surface area contributed by atoms with Crippen LogP contribution in [0.5, 0.6) is 11.5 Å². The Morgan fingerprint density at radius 2 is 1.59 bits per heavy atom. The summed E-state index contributed by atoms with van der Waals surface area (Å²) in [4.78, 5) is 57.4. The topological polar surface area (TPSA) is 205 Å². The van der Waals surface area contributed by atoms with Gasteiger partial charge >= 0.3 is 5.97 Å². The molecule has 7 N–H and O–H groups in total. The molecular formula is C52H55N5O9. The lowest BCUT2D eigenvalue weighted by molar-refractivity contribution is -0.155. The number of carbonyl (C=O) groups is 3. The first-order chi connectivity index (χ1) is 31.9. The average molecular weight is 894 g/mol. The smallest absolute Gasteiger partial charge is 0.345 e. The van der Waals surface area contributed by atoms with Crippen molar-refractivity contribution in [3.05, 3.63) is 177 Å². The number of fused-ring (bicyclic) bond motifs is 1. The molecule has 5 aromatic carbocycles. The average Bonchev–Trinajstić information content (AvgIpc) is 3.32. The van der Waals surface area contributed by atoms with Crippen molar-refractivity contribution in [2.45, 2.75) is 50.0 Å². The van der Waals surface area contributed by atoms with Crippen molar-refractivity contribution in [3.8, 4) is 11.5 Å². The van der Waals surface area contributed by atoms with Crippen LogP contribution in [0.2, 0.25) is 0 Å². The number of aliphatic hydroxyl groups excluding tert-OH is 1. The van der Waals surface area contributed by atoms with Gasteiger partial charge in [-0.05, 0) is 110 Å². The minimum Gasteiger partial charge on any atom is -0.506 e. The van der Waals surface area contributed by atoms with Gasteiger partial charge in [-0.2, -0.15) is 0 Å². The predicted octanol–water partition coefficient (Wildman–Crippen LogP) is 4.89. The number of phenols is 1. The van der Waals surface area contributed by atoms with E-state index in [9.17, 15) is 39.6 Å². The Morgan fingerprint density at radius 3 is 2.35 bits per heavy atom. The minimum atomic E-state index is -2.35. The van der Waals surface area contributed by atoms with Crippen LogP contribution in [0.4, 0.5) is 0 Å². The third-order valence-electron chi connectivity index (χ3n) is 12.8. The number of carboxylic acid groups (broad SMARTS) is 1. The lowest BCUT2D eigenvalue weighted by Crippen LogP contribution is -2.61. The molecule has 0 spiro atoms. The van der Waals surface area contributed by atoms with Gasteiger partial charge in [0, 0.05) is 54.3 Å². The molecule has 14 heteroatoms. The standard InChI is InChI=1S/C52H55N5O9/c58-45-19-17-42(43-18-20-47(60)55-49(43)45)46(59)29-53-24-21-34-13-15-37(16-14-34)50(62)54-40-31-57(32-40)48(61)33-66-41-11-6-10-39(28-41)52(65,51(63)64)44-12-5-4-9-38(44)27-35-22-25-56(26-23-35)30-36-7-2-1-3-8-36/h1-20,28,35,40,46,53,58-59,65H,21-27,29-33H2,(H,54,62)(H,55,60)(H,63,64)/t46-,52-/m0/s1. The molecule has 1 aromatic heterocycles. The summed E-state index contributed by atoms with van der Waals surface area (Å²) >= 11 is 0. The summed E-state index contributed by atoms with van der Waals surface area (Å²) in [7, 11) is 0. The van der Waals surface area contributed by atoms with Crippen molar-refractivity contribution in [2.75, 3.05) is 45.9 Å². The number of carbonyl (C=O) groups excluding carboxylic acids is 2. The lowest BCUT2D eigenvalue weighted by atomic mass is 9.80. The fourth-order valence-corrected chi connectivity index (χ4v) is 8.99. The summed E-state index contributed by atoms with van der Waals surface area (Å²) in [5.74, 6) is -1.44. The van der Waals surface area contributed by atoms with Gasteiger partial charge in [0.25, 0.3) is 11.8 Å². The number of hydrogen-bond acceptors (Lipinski definition) is 10. The third kappa shape index (κ3) is 10.6. The first kappa shape index (κ1) is 45.7. The van der Waals surface area contributed by atoms with Crippen molar-refractivity contribution >= 4 is 28.7 Å². The zero-order chi connectivity index (χ0) is 46.2. The van der Waals surface area contributed by atoms with Crippen LogP contribution in [0.1, 0.15) is 62.7 Å². The number of aromatic amines is 1. The second kappa shape index (κ2) is 20.6. The molecule has 2 atom stereocenters. The Balaban J connectivity index is 0.778. The zero-order valence-electron chi connectivity index (χ0n) is 36.6. The normalized spacial score (nSPS) is 16.0. The van der Waals surface area contributed by atoms with Crippen LogP contribution in [0.25, 0.3) is 10.9 Å². The molecular weight excluding hydrogens is 839 g/mol. The van der Waals surface area contributed by atoms with E-state index in [0.717, 1.165) is 43.6 Å². The number of piperidine rings is 1. The highest BCUT2D eigenvalue weighted by atomic mass is 16.5. The SMILES string of the molecule is O=C(NC1CN(C(=O)COc2cccc([C@@](O)(C(=O)O)c3ccccc3CC3CCN(Cc4ccccc4)CC3)c2)C1)c1ccc(CCNC[C@H](O)c2ccc(O)c3[nH]c(=O)ccc23)cc1. The molecule has 342 valence electrons. The second-order valence-electron chi connectivity index (χ2n) is 17.3. The summed E-state index contributed by atoms with van der Waals surface area (Å²) in [5.41, 5.74) is 2.14. The first-order valence-electron chi connectivity index (χ1n) is 22.4. The molecule has 2 amide bonds. The molecule has 3 heterocycles. The molecule has 2 fully saturated rings. The number of pyridine rings is 1. The quantitative estimate of drug-likeness (QED) is 0.0579. The van der Waals surface area contributed by atoms with Gasteiger partial charge in [-0.3, -0.25) is 19.3 Å². The maximum atomic E-state index is 13.1. The Hall–Kier alpha value is -6.84. The summed E-state index contributed by atoms with van der Waals surface area (Å²) < 4.78 is 5.84. The third-order valence-corrected chi connectivity index (χ3v) is 12.8. The number of amides is 2. The van der Waals surface area contributed by atoms with E-state index >= 15 is 0 Å². The predicted molar refractivity (Wildman–Crippen MR) is 249 cm³/mol. The number of nitrogens with one attached hydrogen (secondary N) is 3. The van der Waals surface area contributed by atoms with E-state index < -0.39 is 17.7 Å². The maximum Gasteiger partial charge on any atom is 0.345 e.